The zero-order valence-corrected chi connectivity index (χ0v) is 16.6. The second kappa shape index (κ2) is 17.2. The predicted molar refractivity (Wildman–Crippen MR) is 101 cm³/mol. The second-order valence-electron chi connectivity index (χ2n) is 5.87. The molecule has 14 N–H and O–H groups in total. The van der Waals surface area contributed by atoms with Gasteiger partial charge in [0.1, 0.15) is 24.2 Å². The molecule has 0 rings (SSSR count). The van der Waals surface area contributed by atoms with E-state index in [0.717, 1.165) is 0 Å². The summed E-state index contributed by atoms with van der Waals surface area (Å²) in [7, 11) is 0. The fourth-order valence-electron chi connectivity index (χ4n) is 0.934. The number of esters is 2. The molecule has 0 fully saturated rings. The van der Waals surface area contributed by atoms with E-state index < -0.39 is 66.7 Å². The number of carbonyl (C=O) groups excluding carboxylic acids is 3. The first kappa shape index (κ1) is 32.0. The Hall–Kier alpha value is -2.69. The lowest BCUT2D eigenvalue weighted by Crippen LogP contribution is -2.44. The number of aliphatic hydroxyl groups excluding tert-OH is 2. The van der Waals surface area contributed by atoms with Gasteiger partial charge in [0, 0.05) is 6.42 Å². The van der Waals surface area contributed by atoms with Crippen molar-refractivity contribution in [3.05, 3.63) is 0 Å². The summed E-state index contributed by atoms with van der Waals surface area (Å²) < 4.78 is 4.33. The van der Waals surface area contributed by atoms with E-state index >= 15 is 0 Å². The number of aliphatic hydroxyl groups is 2. The van der Waals surface area contributed by atoms with Gasteiger partial charge in [-0.1, -0.05) is 0 Å². The standard InChI is InChI=1S/C9H17N3O5.C3H7NO3.C3H7NO2/c1-4(13)7(12)9(16)17-8(15)5(10)2-3-6(11)14;4-2(1-5)3(6)7;1-2(4)3(5)6/h4-5,7,13H,2-3,10,12H2,1H3,(H2,11,14);2,5H,1,4H2,(H,6,7);2H,4H2,1H3,(H,5,6)/t4-,5+,7+;2*2-/m100/s1. The maximum absolute atomic E-state index is 11.2. The van der Waals surface area contributed by atoms with Crippen molar-refractivity contribution >= 4 is 29.8 Å². The van der Waals surface area contributed by atoms with Gasteiger partial charge in [0.25, 0.3) is 0 Å². The number of primary amides is 1. The van der Waals surface area contributed by atoms with Crippen LogP contribution in [0.5, 0.6) is 0 Å². The smallest absolute Gasteiger partial charge is 0.333 e. The van der Waals surface area contributed by atoms with Crippen LogP contribution >= 0.6 is 0 Å². The maximum Gasteiger partial charge on any atom is 0.333 e. The molecule has 0 saturated heterocycles. The summed E-state index contributed by atoms with van der Waals surface area (Å²) in [5.74, 6) is -4.83. The average Bonchev–Trinajstić information content (AvgIpc) is 2.64. The number of amides is 1. The molecule has 176 valence electrons. The van der Waals surface area contributed by atoms with Crippen LogP contribution in [0.15, 0.2) is 0 Å². The van der Waals surface area contributed by atoms with E-state index in [1.54, 1.807) is 0 Å². The van der Waals surface area contributed by atoms with Gasteiger partial charge in [-0.25, -0.2) is 9.59 Å². The van der Waals surface area contributed by atoms with Crippen molar-refractivity contribution in [1.29, 1.82) is 0 Å². The number of carboxylic acids is 2. The lowest BCUT2D eigenvalue weighted by molar-refractivity contribution is -0.163. The molecule has 30 heavy (non-hydrogen) atoms. The number of hydrogen-bond donors (Lipinski definition) is 9. The van der Waals surface area contributed by atoms with Gasteiger partial charge in [0.05, 0.1) is 12.7 Å². The summed E-state index contributed by atoms with van der Waals surface area (Å²) in [5, 5.41) is 32.8. The Morgan fingerprint density at radius 3 is 1.53 bits per heavy atom. The number of nitrogens with two attached hydrogens (primary N) is 5. The van der Waals surface area contributed by atoms with E-state index in [4.69, 9.17) is 49.1 Å². The molecule has 0 radical (unpaired) electrons. The largest absolute Gasteiger partial charge is 0.480 e. The minimum Gasteiger partial charge on any atom is -0.480 e. The van der Waals surface area contributed by atoms with E-state index in [2.05, 4.69) is 4.74 Å². The Bertz CT molecular complexity index is 570. The molecule has 0 saturated carbocycles. The minimum absolute atomic E-state index is 0.0225. The van der Waals surface area contributed by atoms with Crippen molar-refractivity contribution in [2.24, 2.45) is 28.7 Å². The highest BCUT2D eigenvalue weighted by atomic mass is 16.6. The molecular formula is C15H31N5O10. The SMILES string of the molecule is C[C@@H](O)[C@H](N)C(=O)OC(=O)[C@@H](N)CCC(N)=O.C[C@H](N)C(=O)O.N[C@@H](CO)C(=O)O. The van der Waals surface area contributed by atoms with Gasteiger partial charge < -0.3 is 53.8 Å². The van der Waals surface area contributed by atoms with Gasteiger partial charge in [-0.2, -0.15) is 0 Å². The monoisotopic (exact) mass is 441 g/mol. The molecule has 0 aromatic rings. The Kier molecular flexibility index (Phi) is 18.3. The van der Waals surface area contributed by atoms with Gasteiger partial charge in [-0.3, -0.25) is 14.4 Å². The van der Waals surface area contributed by atoms with E-state index in [-0.39, 0.29) is 12.8 Å². The minimum atomic E-state index is -1.32. The summed E-state index contributed by atoms with van der Waals surface area (Å²) in [6.07, 6.45) is -1.25. The van der Waals surface area contributed by atoms with Crippen LogP contribution in [0.3, 0.4) is 0 Å². The highest BCUT2D eigenvalue weighted by Crippen LogP contribution is 1.99. The summed E-state index contributed by atoms with van der Waals surface area (Å²) in [6.45, 7) is 2.20. The van der Waals surface area contributed by atoms with Crippen molar-refractivity contribution in [3.63, 3.8) is 0 Å². The Balaban J connectivity index is -0.000000459. The highest BCUT2D eigenvalue weighted by Gasteiger charge is 2.26. The molecule has 15 nitrogen and oxygen atoms in total. The molecule has 0 unspecified atom stereocenters. The molecule has 0 aliphatic carbocycles. The summed E-state index contributed by atoms with van der Waals surface area (Å²) in [4.78, 5) is 52.1. The van der Waals surface area contributed by atoms with Gasteiger partial charge in [0.15, 0.2) is 0 Å². The summed E-state index contributed by atoms with van der Waals surface area (Å²) in [5.41, 5.74) is 25.1. The quantitative estimate of drug-likeness (QED) is 0.120. The van der Waals surface area contributed by atoms with Crippen molar-refractivity contribution in [3.8, 4) is 0 Å². The van der Waals surface area contributed by atoms with Crippen molar-refractivity contribution in [2.75, 3.05) is 6.61 Å². The zero-order valence-electron chi connectivity index (χ0n) is 16.6. The number of carboxylic acid groups (broad SMARTS) is 2. The van der Waals surface area contributed by atoms with Gasteiger partial charge in [-0.15, -0.1) is 0 Å². The molecule has 0 heterocycles. The van der Waals surface area contributed by atoms with Crippen LogP contribution in [-0.2, 0) is 28.7 Å². The van der Waals surface area contributed by atoms with E-state index in [0.29, 0.717) is 0 Å². The van der Waals surface area contributed by atoms with Crippen LogP contribution in [-0.4, -0.2) is 87.1 Å². The first-order valence-electron chi connectivity index (χ1n) is 8.39. The van der Waals surface area contributed by atoms with E-state index in [1.807, 2.05) is 0 Å². The lowest BCUT2D eigenvalue weighted by atomic mass is 10.1. The third-order valence-corrected chi connectivity index (χ3v) is 2.90. The van der Waals surface area contributed by atoms with E-state index in [1.165, 1.54) is 13.8 Å². The Morgan fingerprint density at radius 1 is 0.867 bits per heavy atom. The molecule has 0 aromatic heterocycles. The number of carbonyl (C=O) groups is 5. The topological polar surface area (TPSA) is 306 Å². The van der Waals surface area contributed by atoms with Crippen molar-refractivity contribution < 1.29 is 49.1 Å². The van der Waals surface area contributed by atoms with Gasteiger partial charge >= 0.3 is 23.9 Å². The lowest BCUT2D eigenvalue weighted by Gasteiger charge is -2.14. The fraction of sp³-hybridized carbons (Fsp3) is 0.667. The molecule has 0 bridgehead atoms. The van der Waals surface area contributed by atoms with Crippen molar-refractivity contribution in [2.45, 2.75) is 57.0 Å². The molecular weight excluding hydrogens is 410 g/mol. The molecule has 0 spiro atoms. The Morgan fingerprint density at radius 2 is 1.30 bits per heavy atom. The maximum atomic E-state index is 11.2. The van der Waals surface area contributed by atoms with Gasteiger partial charge in [-0.05, 0) is 20.3 Å². The molecule has 0 aromatic carbocycles. The van der Waals surface area contributed by atoms with Crippen LogP contribution in [0, 0.1) is 0 Å². The zero-order chi connectivity index (χ0) is 24.6. The first-order chi connectivity index (χ1) is 13.6. The van der Waals surface area contributed by atoms with Crippen LogP contribution in [0.4, 0.5) is 0 Å². The highest BCUT2D eigenvalue weighted by molar-refractivity contribution is 5.91. The van der Waals surface area contributed by atoms with Crippen LogP contribution < -0.4 is 28.7 Å². The second-order valence-corrected chi connectivity index (χ2v) is 5.87. The van der Waals surface area contributed by atoms with Crippen LogP contribution in [0.2, 0.25) is 0 Å². The van der Waals surface area contributed by atoms with Gasteiger partial charge in [0.2, 0.25) is 5.91 Å². The third-order valence-electron chi connectivity index (χ3n) is 2.90. The molecule has 15 heteroatoms. The molecule has 1 amide bonds. The summed E-state index contributed by atoms with van der Waals surface area (Å²) in [6, 6.07) is -4.31. The van der Waals surface area contributed by atoms with Crippen molar-refractivity contribution in [1.82, 2.24) is 0 Å². The third kappa shape index (κ3) is 18.7. The first-order valence-corrected chi connectivity index (χ1v) is 8.39. The average molecular weight is 441 g/mol. The number of aliphatic carboxylic acids is 2. The molecule has 5 atom stereocenters. The predicted octanol–water partition coefficient (Wildman–Crippen LogP) is -4.83. The van der Waals surface area contributed by atoms with Crippen LogP contribution in [0.25, 0.3) is 0 Å². The summed E-state index contributed by atoms with van der Waals surface area (Å²) >= 11 is 0. The van der Waals surface area contributed by atoms with E-state index in [9.17, 15) is 24.0 Å². The number of rotatable bonds is 9. The normalized spacial score (nSPS) is 14.8. The number of ether oxygens (including phenoxy) is 1. The number of hydrogen-bond acceptors (Lipinski definition) is 12. The fourth-order valence-corrected chi connectivity index (χ4v) is 0.934. The molecule has 0 aliphatic rings. The molecule has 0 aliphatic heterocycles. The van der Waals surface area contributed by atoms with Crippen LogP contribution in [0.1, 0.15) is 26.7 Å². The Labute approximate surface area is 172 Å².